The van der Waals surface area contributed by atoms with E-state index in [2.05, 4.69) is 57.6 Å². The number of halogens is 1. The third kappa shape index (κ3) is 41.0. The normalized spacial score (nSPS) is 11.8. The molecule has 5 nitrogen and oxygen atoms in total. The number of hydrogen-bond acceptors (Lipinski definition) is 3. The average Bonchev–Trinajstić information content (AvgIpc) is 3.06. The number of nitrogens with one attached hydrogen (secondary N) is 1. The zero-order valence-electron chi connectivity index (χ0n) is 33.2. The second-order valence-electron chi connectivity index (χ2n) is 15.0. The molecule has 0 aromatic rings. The summed E-state index contributed by atoms with van der Waals surface area (Å²) in [6.45, 7) is 7.50. The van der Waals surface area contributed by atoms with Crippen LogP contribution in [0.4, 0.5) is 0 Å². The highest BCUT2D eigenvalue weighted by atomic mass is 35.5. The van der Waals surface area contributed by atoms with Gasteiger partial charge in [-0.25, -0.2) is 0 Å². The van der Waals surface area contributed by atoms with E-state index >= 15 is 0 Å². The Morgan fingerprint density at radius 3 is 1.35 bits per heavy atom. The number of rotatable bonds is 37. The minimum absolute atomic E-state index is 0. The van der Waals surface area contributed by atoms with Gasteiger partial charge >= 0.3 is 5.97 Å². The monoisotopic (exact) mass is 711 g/mol. The molecule has 0 aromatic heterocycles. The molecule has 6 heteroatoms. The van der Waals surface area contributed by atoms with Crippen molar-refractivity contribution in [3.8, 4) is 0 Å². The molecule has 0 bridgehead atoms. The minimum atomic E-state index is -0.0597. The SMILES string of the molecule is CCCCCCCC/C=C\CCCCCCCC(=O)NCCC[N+](C)(C)CCOC(=O)CCCCCCC/C=C\CCCCCCCC.[Cl-]. The van der Waals surface area contributed by atoms with E-state index in [-0.39, 0.29) is 24.3 Å². The summed E-state index contributed by atoms with van der Waals surface area (Å²) in [7, 11) is 4.34. The average molecular weight is 712 g/mol. The van der Waals surface area contributed by atoms with Crippen molar-refractivity contribution in [1.29, 1.82) is 0 Å². The summed E-state index contributed by atoms with van der Waals surface area (Å²) in [6, 6.07) is 0. The van der Waals surface area contributed by atoms with Crippen LogP contribution in [-0.4, -0.2) is 56.7 Å². The molecule has 0 unspecified atom stereocenters. The largest absolute Gasteiger partial charge is 1.00 e. The number of amides is 1. The third-order valence-corrected chi connectivity index (χ3v) is 9.53. The number of carbonyl (C=O) groups is 2. The molecular formula is C43H83ClN2O3. The first kappa shape index (κ1) is 49.8. The van der Waals surface area contributed by atoms with E-state index < -0.39 is 0 Å². The molecule has 0 saturated carbocycles. The Hall–Kier alpha value is -1.33. The zero-order valence-corrected chi connectivity index (χ0v) is 33.9. The summed E-state index contributed by atoms with van der Waals surface area (Å²) >= 11 is 0. The summed E-state index contributed by atoms with van der Waals surface area (Å²) in [5.74, 6) is 0.123. The van der Waals surface area contributed by atoms with E-state index in [1.54, 1.807) is 0 Å². The van der Waals surface area contributed by atoms with E-state index in [0.29, 0.717) is 19.4 Å². The fourth-order valence-electron chi connectivity index (χ4n) is 6.11. The predicted molar refractivity (Wildman–Crippen MR) is 209 cm³/mol. The highest BCUT2D eigenvalue weighted by Crippen LogP contribution is 2.12. The number of nitrogens with zero attached hydrogens (tertiary/aromatic N) is 1. The summed E-state index contributed by atoms with van der Waals surface area (Å²) in [6.07, 6.45) is 44.6. The maximum absolute atomic E-state index is 12.2. The van der Waals surface area contributed by atoms with Crippen molar-refractivity contribution in [2.45, 2.75) is 200 Å². The van der Waals surface area contributed by atoms with E-state index in [9.17, 15) is 9.59 Å². The molecule has 0 aromatic carbocycles. The van der Waals surface area contributed by atoms with Crippen LogP contribution in [-0.2, 0) is 14.3 Å². The Morgan fingerprint density at radius 2 is 0.898 bits per heavy atom. The van der Waals surface area contributed by atoms with Gasteiger partial charge in [0.15, 0.2) is 0 Å². The Kier molecular flexibility index (Phi) is 40.1. The molecule has 0 heterocycles. The first-order valence-electron chi connectivity index (χ1n) is 21.0. The Bertz CT molecular complexity index is 768. The molecule has 0 saturated heterocycles. The highest BCUT2D eigenvalue weighted by molar-refractivity contribution is 5.75. The lowest BCUT2D eigenvalue weighted by atomic mass is 10.1. The van der Waals surface area contributed by atoms with Crippen LogP contribution in [0, 0.1) is 0 Å². The van der Waals surface area contributed by atoms with Crippen molar-refractivity contribution in [1.82, 2.24) is 5.32 Å². The van der Waals surface area contributed by atoms with E-state index in [1.165, 1.54) is 141 Å². The van der Waals surface area contributed by atoms with Gasteiger partial charge in [0.25, 0.3) is 0 Å². The molecule has 0 aliphatic rings. The first-order chi connectivity index (χ1) is 23.4. The molecule has 0 atom stereocenters. The Morgan fingerprint density at radius 1 is 0.510 bits per heavy atom. The number of allylic oxidation sites excluding steroid dienone is 4. The molecule has 0 radical (unpaired) electrons. The van der Waals surface area contributed by atoms with Gasteiger partial charge in [-0.3, -0.25) is 9.59 Å². The Balaban J connectivity index is 0. The molecule has 0 fully saturated rings. The van der Waals surface area contributed by atoms with E-state index in [4.69, 9.17) is 4.74 Å². The standard InChI is InChI=1S/C43H82N2O3.ClH/c1-5-7-9-11-13-15-17-19-21-23-25-27-29-31-33-36-42(46)44-38-35-39-45(3,4)40-41-48-43(47)37-34-32-30-28-26-24-22-20-18-16-14-12-10-8-6-2;/h19-22H,5-18,23-41H2,1-4H3;1H/b21-19-,22-20-;. The van der Waals surface area contributed by atoms with Crippen molar-refractivity contribution in [2.24, 2.45) is 0 Å². The third-order valence-electron chi connectivity index (χ3n) is 9.53. The molecule has 0 spiro atoms. The lowest BCUT2D eigenvalue weighted by Crippen LogP contribution is -3.00. The fraction of sp³-hybridized carbons (Fsp3) is 0.860. The number of unbranched alkanes of at least 4 members (excludes halogenated alkanes) is 22. The lowest BCUT2D eigenvalue weighted by Gasteiger charge is -2.29. The number of likely N-dealkylation sites (N-methyl/N-ethyl adjacent to an activating group) is 1. The van der Waals surface area contributed by atoms with Gasteiger partial charge in [0.1, 0.15) is 13.2 Å². The van der Waals surface area contributed by atoms with Crippen molar-refractivity contribution in [3.63, 3.8) is 0 Å². The molecule has 0 rings (SSSR count). The van der Waals surface area contributed by atoms with Gasteiger partial charge in [-0.1, -0.05) is 141 Å². The first-order valence-corrected chi connectivity index (χ1v) is 21.0. The fourth-order valence-corrected chi connectivity index (χ4v) is 6.11. The maximum atomic E-state index is 12.2. The minimum Gasteiger partial charge on any atom is -1.00 e. The molecule has 1 amide bonds. The van der Waals surface area contributed by atoms with Gasteiger partial charge in [0.05, 0.1) is 20.6 Å². The van der Waals surface area contributed by atoms with E-state index in [0.717, 1.165) is 56.2 Å². The van der Waals surface area contributed by atoms with Gasteiger partial charge in [0, 0.05) is 25.8 Å². The second kappa shape index (κ2) is 39.5. The van der Waals surface area contributed by atoms with Gasteiger partial charge in [-0.05, 0) is 64.2 Å². The number of quaternary nitrogens is 1. The maximum Gasteiger partial charge on any atom is 0.305 e. The quantitative estimate of drug-likeness (QED) is 0.0303. The van der Waals surface area contributed by atoms with Crippen LogP contribution in [0.25, 0.3) is 0 Å². The highest BCUT2D eigenvalue weighted by Gasteiger charge is 2.16. The Labute approximate surface area is 312 Å². The molecule has 0 aliphatic heterocycles. The van der Waals surface area contributed by atoms with Crippen LogP contribution in [0.5, 0.6) is 0 Å². The zero-order chi connectivity index (χ0) is 35.2. The number of ether oxygens (including phenoxy) is 1. The molecule has 49 heavy (non-hydrogen) atoms. The van der Waals surface area contributed by atoms with Crippen molar-refractivity contribution >= 4 is 11.9 Å². The molecular weight excluding hydrogens is 628 g/mol. The van der Waals surface area contributed by atoms with Crippen LogP contribution in [0.3, 0.4) is 0 Å². The van der Waals surface area contributed by atoms with Gasteiger partial charge in [-0.15, -0.1) is 0 Å². The summed E-state index contributed by atoms with van der Waals surface area (Å²) in [5, 5.41) is 3.09. The van der Waals surface area contributed by atoms with Crippen LogP contribution < -0.4 is 17.7 Å². The molecule has 1 N–H and O–H groups in total. The van der Waals surface area contributed by atoms with Crippen molar-refractivity contribution < 1.29 is 31.2 Å². The van der Waals surface area contributed by atoms with Crippen molar-refractivity contribution in [3.05, 3.63) is 24.3 Å². The number of hydrogen-bond donors (Lipinski definition) is 1. The molecule has 290 valence electrons. The number of carbonyl (C=O) groups excluding carboxylic acids is 2. The van der Waals surface area contributed by atoms with E-state index in [1.807, 2.05) is 0 Å². The van der Waals surface area contributed by atoms with Crippen LogP contribution in [0.2, 0.25) is 0 Å². The summed E-state index contributed by atoms with van der Waals surface area (Å²) in [5.41, 5.74) is 0. The van der Waals surface area contributed by atoms with Crippen LogP contribution >= 0.6 is 0 Å². The molecule has 0 aliphatic carbocycles. The second-order valence-corrected chi connectivity index (χ2v) is 15.0. The van der Waals surface area contributed by atoms with Crippen LogP contribution in [0.1, 0.15) is 200 Å². The number of esters is 1. The summed E-state index contributed by atoms with van der Waals surface area (Å²) in [4.78, 5) is 24.4. The van der Waals surface area contributed by atoms with Crippen LogP contribution in [0.15, 0.2) is 24.3 Å². The topological polar surface area (TPSA) is 55.4 Å². The van der Waals surface area contributed by atoms with Gasteiger partial charge < -0.3 is 26.9 Å². The summed E-state index contributed by atoms with van der Waals surface area (Å²) < 4.78 is 6.32. The van der Waals surface area contributed by atoms with Gasteiger partial charge in [-0.2, -0.15) is 0 Å². The lowest BCUT2D eigenvalue weighted by molar-refractivity contribution is -0.890. The van der Waals surface area contributed by atoms with Crippen molar-refractivity contribution in [2.75, 3.05) is 40.3 Å². The smallest absolute Gasteiger partial charge is 0.305 e. The predicted octanol–water partition coefficient (Wildman–Crippen LogP) is 9.19. The van der Waals surface area contributed by atoms with Gasteiger partial charge in [0.2, 0.25) is 5.91 Å².